The number of amides is 1. The van der Waals surface area contributed by atoms with Crippen LogP contribution >= 0.6 is 11.6 Å². The van der Waals surface area contributed by atoms with Crippen LogP contribution in [0.15, 0.2) is 30.3 Å². The maximum Gasteiger partial charge on any atom is 0.259 e. The normalized spacial score (nSPS) is 10.3. The van der Waals surface area contributed by atoms with Gasteiger partial charge in [-0.25, -0.2) is 8.78 Å². The summed E-state index contributed by atoms with van der Waals surface area (Å²) in [6.45, 7) is 0. The van der Waals surface area contributed by atoms with Crippen molar-refractivity contribution in [1.82, 2.24) is 0 Å². The predicted octanol–water partition coefficient (Wildman–Crippen LogP) is 3.28. The fraction of sp³-hybridized carbons (Fsp3) is 0. The number of anilines is 1. The fourth-order valence-corrected chi connectivity index (χ4v) is 1.79. The number of phenolic OH excluding ortho intramolecular Hbond substituents is 2. The molecule has 104 valence electrons. The van der Waals surface area contributed by atoms with Crippen molar-refractivity contribution in [1.29, 1.82) is 0 Å². The van der Waals surface area contributed by atoms with Gasteiger partial charge in [-0.2, -0.15) is 0 Å². The van der Waals surface area contributed by atoms with Crippen LogP contribution in [0.2, 0.25) is 5.02 Å². The molecule has 2 rings (SSSR count). The molecule has 0 aliphatic heterocycles. The van der Waals surface area contributed by atoms with Gasteiger partial charge in [0.05, 0.1) is 16.3 Å². The molecule has 4 nitrogen and oxygen atoms in total. The molecule has 0 aliphatic carbocycles. The lowest BCUT2D eigenvalue weighted by atomic mass is 10.1. The Hall–Kier alpha value is -2.34. The van der Waals surface area contributed by atoms with E-state index in [1.54, 1.807) is 0 Å². The first-order valence-electron chi connectivity index (χ1n) is 5.36. The van der Waals surface area contributed by atoms with Gasteiger partial charge in [0, 0.05) is 6.07 Å². The molecule has 0 fully saturated rings. The van der Waals surface area contributed by atoms with Crippen LogP contribution < -0.4 is 5.32 Å². The van der Waals surface area contributed by atoms with Crippen molar-refractivity contribution >= 4 is 23.2 Å². The van der Waals surface area contributed by atoms with Gasteiger partial charge in [-0.15, -0.1) is 0 Å². The van der Waals surface area contributed by atoms with Crippen LogP contribution in [-0.4, -0.2) is 16.1 Å². The van der Waals surface area contributed by atoms with Gasteiger partial charge in [0.2, 0.25) is 0 Å². The third-order valence-electron chi connectivity index (χ3n) is 2.47. The minimum absolute atomic E-state index is 0.251. The van der Waals surface area contributed by atoms with Crippen molar-refractivity contribution in [3.63, 3.8) is 0 Å². The molecule has 0 atom stereocenters. The zero-order valence-electron chi connectivity index (χ0n) is 9.82. The summed E-state index contributed by atoms with van der Waals surface area (Å²) >= 11 is 5.63. The number of nitrogens with one attached hydrogen (secondary N) is 1. The van der Waals surface area contributed by atoms with Crippen LogP contribution in [0, 0.1) is 11.6 Å². The monoisotopic (exact) mass is 299 g/mol. The quantitative estimate of drug-likeness (QED) is 0.745. The van der Waals surface area contributed by atoms with Crippen molar-refractivity contribution in [2.24, 2.45) is 0 Å². The number of rotatable bonds is 2. The molecule has 1 amide bonds. The average molecular weight is 300 g/mol. The SMILES string of the molecule is O=C(Nc1c(F)cc(F)cc1Cl)c1cc(O)ccc1O. The Kier molecular flexibility index (Phi) is 3.76. The number of halogens is 3. The first-order valence-corrected chi connectivity index (χ1v) is 5.74. The molecule has 2 aromatic carbocycles. The van der Waals surface area contributed by atoms with Crippen molar-refractivity contribution in [3.8, 4) is 11.5 Å². The molecule has 0 aliphatic rings. The topological polar surface area (TPSA) is 69.6 Å². The Morgan fingerprint density at radius 2 is 1.85 bits per heavy atom. The predicted molar refractivity (Wildman–Crippen MR) is 69.1 cm³/mol. The minimum Gasteiger partial charge on any atom is -0.508 e. The van der Waals surface area contributed by atoms with E-state index in [-0.39, 0.29) is 16.3 Å². The van der Waals surface area contributed by atoms with Gasteiger partial charge in [-0.3, -0.25) is 4.79 Å². The van der Waals surface area contributed by atoms with E-state index in [0.717, 1.165) is 18.2 Å². The van der Waals surface area contributed by atoms with Gasteiger partial charge in [0.25, 0.3) is 5.91 Å². The second-order valence-electron chi connectivity index (χ2n) is 3.90. The molecule has 0 radical (unpaired) electrons. The van der Waals surface area contributed by atoms with Gasteiger partial charge in [-0.05, 0) is 24.3 Å². The molecule has 3 N–H and O–H groups in total. The zero-order valence-corrected chi connectivity index (χ0v) is 10.6. The van der Waals surface area contributed by atoms with Crippen molar-refractivity contribution in [2.75, 3.05) is 5.32 Å². The first kappa shape index (κ1) is 14.1. The van der Waals surface area contributed by atoms with Crippen molar-refractivity contribution in [3.05, 3.63) is 52.6 Å². The molecule has 0 saturated carbocycles. The van der Waals surface area contributed by atoms with E-state index in [0.29, 0.717) is 6.07 Å². The summed E-state index contributed by atoms with van der Waals surface area (Å²) in [7, 11) is 0. The smallest absolute Gasteiger partial charge is 0.259 e. The second kappa shape index (κ2) is 5.34. The number of carbonyl (C=O) groups is 1. The van der Waals surface area contributed by atoms with E-state index in [1.807, 2.05) is 0 Å². The molecular weight excluding hydrogens is 292 g/mol. The molecule has 0 unspecified atom stereocenters. The minimum atomic E-state index is -1.05. The summed E-state index contributed by atoms with van der Waals surface area (Å²) in [5.41, 5.74) is -0.689. The third-order valence-corrected chi connectivity index (χ3v) is 2.77. The first-order chi connectivity index (χ1) is 9.38. The van der Waals surface area contributed by atoms with Crippen LogP contribution in [-0.2, 0) is 0 Å². The Morgan fingerprint density at radius 1 is 1.15 bits per heavy atom. The summed E-state index contributed by atoms with van der Waals surface area (Å²) in [6.07, 6.45) is 0. The highest BCUT2D eigenvalue weighted by Gasteiger charge is 2.17. The Balaban J connectivity index is 2.35. The van der Waals surface area contributed by atoms with E-state index in [2.05, 4.69) is 5.32 Å². The van der Waals surface area contributed by atoms with Gasteiger partial charge < -0.3 is 15.5 Å². The highest BCUT2D eigenvalue weighted by molar-refractivity contribution is 6.34. The number of carbonyl (C=O) groups excluding carboxylic acids is 1. The highest BCUT2D eigenvalue weighted by Crippen LogP contribution is 2.28. The molecular formula is C13H8ClF2NO3. The second-order valence-corrected chi connectivity index (χ2v) is 4.31. The lowest BCUT2D eigenvalue weighted by Gasteiger charge is -2.10. The maximum atomic E-state index is 13.5. The Bertz CT molecular complexity index is 668. The number of hydrogen-bond donors (Lipinski definition) is 3. The molecule has 0 heterocycles. The van der Waals surface area contributed by atoms with E-state index in [4.69, 9.17) is 11.6 Å². The molecule has 0 saturated heterocycles. The lowest BCUT2D eigenvalue weighted by Crippen LogP contribution is -2.13. The Morgan fingerprint density at radius 3 is 2.50 bits per heavy atom. The van der Waals surface area contributed by atoms with E-state index in [1.165, 1.54) is 6.07 Å². The molecule has 0 spiro atoms. The van der Waals surface area contributed by atoms with Crippen LogP contribution in [0.5, 0.6) is 11.5 Å². The molecule has 0 bridgehead atoms. The summed E-state index contributed by atoms with van der Waals surface area (Å²) in [5, 5.41) is 20.5. The number of hydrogen-bond acceptors (Lipinski definition) is 3. The summed E-state index contributed by atoms with van der Waals surface area (Å²) < 4.78 is 26.4. The molecule has 2 aromatic rings. The molecule has 0 aromatic heterocycles. The van der Waals surface area contributed by atoms with Gasteiger partial charge in [-0.1, -0.05) is 11.6 Å². The lowest BCUT2D eigenvalue weighted by molar-refractivity contribution is 0.102. The van der Waals surface area contributed by atoms with E-state index >= 15 is 0 Å². The number of phenols is 2. The zero-order chi connectivity index (χ0) is 14.9. The highest BCUT2D eigenvalue weighted by atomic mass is 35.5. The molecule has 7 heteroatoms. The summed E-state index contributed by atoms with van der Waals surface area (Å²) in [4.78, 5) is 11.9. The average Bonchev–Trinajstić information content (AvgIpc) is 2.36. The van der Waals surface area contributed by atoms with Crippen molar-refractivity contribution < 1.29 is 23.8 Å². The van der Waals surface area contributed by atoms with Gasteiger partial charge >= 0.3 is 0 Å². The van der Waals surface area contributed by atoms with E-state index < -0.39 is 29.0 Å². The fourth-order valence-electron chi connectivity index (χ4n) is 1.55. The van der Waals surface area contributed by atoms with Crippen molar-refractivity contribution in [2.45, 2.75) is 0 Å². The van der Waals surface area contributed by atoms with Crippen LogP contribution in [0.25, 0.3) is 0 Å². The van der Waals surface area contributed by atoms with Crippen LogP contribution in [0.3, 0.4) is 0 Å². The van der Waals surface area contributed by atoms with Crippen LogP contribution in [0.1, 0.15) is 10.4 Å². The van der Waals surface area contributed by atoms with Gasteiger partial charge in [0.15, 0.2) is 5.82 Å². The summed E-state index contributed by atoms with van der Waals surface area (Å²) in [6, 6.07) is 4.68. The van der Waals surface area contributed by atoms with E-state index in [9.17, 15) is 23.8 Å². The standard InChI is InChI=1S/C13H8ClF2NO3/c14-9-3-6(15)4-10(16)12(9)17-13(20)8-5-7(18)1-2-11(8)19/h1-5,18-19H,(H,17,20). The number of benzene rings is 2. The number of aromatic hydroxyl groups is 2. The maximum absolute atomic E-state index is 13.5. The largest absolute Gasteiger partial charge is 0.508 e. The van der Waals surface area contributed by atoms with Gasteiger partial charge in [0.1, 0.15) is 17.3 Å². The molecule has 20 heavy (non-hydrogen) atoms. The van der Waals surface area contributed by atoms with Crippen LogP contribution in [0.4, 0.5) is 14.5 Å². The third kappa shape index (κ3) is 2.80. The Labute approximate surface area is 117 Å². The summed E-state index contributed by atoms with van der Waals surface area (Å²) in [5.74, 6) is -3.49.